The maximum atomic E-state index is 12.7. The summed E-state index contributed by atoms with van der Waals surface area (Å²) in [6.07, 6.45) is -4.40. The molecule has 0 saturated carbocycles. The normalized spacial score (nSPS) is 11.6. The fourth-order valence-corrected chi connectivity index (χ4v) is 2.60. The van der Waals surface area contributed by atoms with Crippen LogP contribution < -0.4 is 5.32 Å². The van der Waals surface area contributed by atoms with Gasteiger partial charge in [-0.15, -0.1) is 10.2 Å². The van der Waals surface area contributed by atoms with Gasteiger partial charge in [-0.05, 0) is 23.9 Å². The van der Waals surface area contributed by atoms with E-state index in [0.29, 0.717) is 4.34 Å². The quantitative estimate of drug-likeness (QED) is 0.941. The Morgan fingerprint density at radius 1 is 1.33 bits per heavy atom. The topological polar surface area (TPSA) is 50.7 Å². The molecule has 0 saturated heterocycles. The first-order valence-corrected chi connectivity index (χ1v) is 6.39. The van der Waals surface area contributed by atoms with Gasteiger partial charge in [-0.25, -0.2) is 4.98 Å². The van der Waals surface area contributed by atoms with Crippen LogP contribution in [-0.4, -0.2) is 22.2 Å². The molecule has 0 aliphatic heterocycles. The zero-order valence-electron chi connectivity index (χ0n) is 9.02. The molecule has 0 fully saturated rings. The molecule has 2 aromatic heterocycles. The molecule has 0 radical (unpaired) electrons. The number of pyridine rings is 1. The van der Waals surface area contributed by atoms with E-state index >= 15 is 0 Å². The van der Waals surface area contributed by atoms with Crippen LogP contribution in [0.5, 0.6) is 0 Å². The summed E-state index contributed by atoms with van der Waals surface area (Å²) in [4.78, 5) is 4.03. The minimum atomic E-state index is -4.40. The number of hydrogen-bond acceptors (Lipinski definition) is 6. The predicted molar refractivity (Wildman–Crippen MR) is 62.8 cm³/mol. The molecule has 0 aliphatic carbocycles. The van der Waals surface area contributed by atoms with Crippen molar-refractivity contribution in [2.75, 3.05) is 12.4 Å². The number of alkyl halides is 3. The van der Waals surface area contributed by atoms with Gasteiger partial charge in [-0.2, -0.15) is 13.2 Å². The van der Waals surface area contributed by atoms with Crippen molar-refractivity contribution < 1.29 is 13.2 Å². The lowest BCUT2D eigenvalue weighted by Gasteiger charge is -2.10. The number of aromatic nitrogens is 3. The van der Waals surface area contributed by atoms with Crippen LogP contribution >= 0.6 is 23.1 Å². The van der Waals surface area contributed by atoms with Crippen LogP contribution in [0.15, 0.2) is 27.0 Å². The summed E-state index contributed by atoms with van der Waals surface area (Å²) >= 11 is 2.29. The van der Waals surface area contributed by atoms with E-state index in [1.165, 1.54) is 23.9 Å². The molecule has 0 spiro atoms. The molecule has 96 valence electrons. The van der Waals surface area contributed by atoms with Gasteiger partial charge in [-0.1, -0.05) is 11.3 Å². The highest BCUT2D eigenvalue weighted by Crippen LogP contribution is 2.35. The predicted octanol–water partition coefficient (Wildman–Crippen LogP) is 3.14. The van der Waals surface area contributed by atoms with Crippen LogP contribution in [0.4, 0.5) is 19.0 Å². The molecule has 2 heterocycles. The Kier molecular flexibility index (Phi) is 3.71. The highest BCUT2D eigenvalue weighted by atomic mass is 32.2. The van der Waals surface area contributed by atoms with E-state index in [2.05, 4.69) is 20.5 Å². The van der Waals surface area contributed by atoms with E-state index in [1.807, 2.05) is 0 Å². The van der Waals surface area contributed by atoms with Gasteiger partial charge in [-0.3, -0.25) is 0 Å². The Morgan fingerprint density at radius 3 is 2.67 bits per heavy atom. The Balaban J connectivity index is 2.35. The first kappa shape index (κ1) is 13.1. The average molecular weight is 292 g/mol. The van der Waals surface area contributed by atoms with Crippen molar-refractivity contribution >= 4 is 28.9 Å². The lowest BCUT2D eigenvalue weighted by Crippen LogP contribution is -2.07. The van der Waals surface area contributed by atoms with E-state index in [1.54, 1.807) is 0 Å². The third-order valence-electron chi connectivity index (χ3n) is 1.92. The molecule has 0 unspecified atom stereocenters. The van der Waals surface area contributed by atoms with Gasteiger partial charge < -0.3 is 5.32 Å². The van der Waals surface area contributed by atoms with Gasteiger partial charge in [0.25, 0.3) is 0 Å². The van der Waals surface area contributed by atoms with Crippen LogP contribution in [0.1, 0.15) is 5.56 Å². The van der Waals surface area contributed by atoms with E-state index < -0.39 is 11.7 Å². The van der Waals surface area contributed by atoms with Crippen molar-refractivity contribution in [2.45, 2.75) is 15.5 Å². The Bertz CT molecular complexity index is 527. The lowest BCUT2D eigenvalue weighted by molar-refractivity contribution is -0.137. The summed E-state index contributed by atoms with van der Waals surface area (Å²) in [6, 6.07) is 1.96. The summed E-state index contributed by atoms with van der Waals surface area (Å²) in [5.41, 5.74) is 0.767. The molecule has 1 N–H and O–H groups in total. The van der Waals surface area contributed by atoms with Crippen molar-refractivity contribution in [1.82, 2.24) is 15.2 Å². The van der Waals surface area contributed by atoms with Crippen molar-refractivity contribution in [3.63, 3.8) is 0 Å². The molecule has 9 heteroatoms. The summed E-state index contributed by atoms with van der Waals surface area (Å²) in [6.45, 7) is 0. The van der Waals surface area contributed by atoms with Gasteiger partial charge in [0, 0.05) is 7.05 Å². The molecular weight excluding hydrogens is 285 g/mol. The molecule has 4 nitrogen and oxygen atoms in total. The minimum absolute atomic E-state index is 0.164. The average Bonchev–Trinajstić information content (AvgIpc) is 2.80. The Morgan fingerprint density at radius 2 is 2.11 bits per heavy atom. The number of nitrogens with zero attached hydrogens (tertiary/aromatic N) is 3. The monoisotopic (exact) mass is 292 g/mol. The van der Waals surface area contributed by atoms with Gasteiger partial charge in [0.05, 0.1) is 5.56 Å². The third-order valence-corrected chi connectivity index (χ3v) is 3.61. The zero-order chi connectivity index (χ0) is 13.2. The number of halogens is 3. The van der Waals surface area contributed by atoms with Crippen molar-refractivity contribution in [3.05, 3.63) is 23.2 Å². The lowest BCUT2D eigenvalue weighted by atomic mass is 10.2. The second-order valence-electron chi connectivity index (χ2n) is 3.13. The van der Waals surface area contributed by atoms with E-state index in [4.69, 9.17) is 0 Å². The Labute approximate surface area is 109 Å². The molecule has 18 heavy (non-hydrogen) atoms. The third kappa shape index (κ3) is 3.10. The van der Waals surface area contributed by atoms with E-state index in [9.17, 15) is 13.2 Å². The van der Waals surface area contributed by atoms with Gasteiger partial charge in [0.2, 0.25) is 0 Å². The van der Waals surface area contributed by atoms with Gasteiger partial charge >= 0.3 is 6.18 Å². The summed E-state index contributed by atoms with van der Waals surface area (Å²) in [5, 5.41) is 10.2. The maximum Gasteiger partial charge on any atom is 0.416 e. The molecular formula is C9H7F3N4S2. The second-order valence-corrected chi connectivity index (χ2v) is 5.23. The standard InChI is InChI=1S/C9H7F3N4S2/c1-13-6-2-5(9(10,11)12)3-7(15-6)18-8-16-14-4-17-8/h2-4H,1H3,(H,13,15). The maximum absolute atomic E-state index is 12.7. The fourth-order valence-electron chi connectivity index (χ4n) is 1.15. The van der Waals surface area contributed by atoms with Crippen LogP contribution in [0.25, 0.3) is 0 Å². The molecule has 0 atom stereocenters. The first-order valence-electron chi connectivity index (χ1n) is 4.70. The Hall–Kier alpha value is -1.35. The second kappa shape index (κ2) is 5.11. The van der Waals surface area contributed by atoms with Crippen LogP contribution in [0.3, 0.4) is 0 Å². The molecule has 0 amide bonds. The highest BCUT2D eigenvalue weighted by molar-refractivity contribution is 8.00. The van der Waals surface area contributed by atoms with Crippen molar-refractivity contribution in [2.24, 2.45) is 0 Å². The van der Waals surface area contributed by atoms with Crippen molar-refractivity contribution in [1.29, 1.82) is 0 Å². The zero-order valence-corrected chi connectivity index (χ0v) is 10.7. The van der Waals surface area contributed by atoms with Crippen molar-refractivity contribution in [3.8, 4) is 0 Å². The van der Waals surface area contributed by atoms with E-state index in [0.717, 1.165) is 23.9 Å². The molecule has 2 aromatic rings. The number of rotatable bonds is 3. The summed E-state index contributed by atoms with van der Waals surface area (Å²) < 4.78 is 38.6. The number of hydrogen-bond donors (Lipinski definition) is 1. The fraction of sp³-hybridized carbons (Fsp3) is 0.222. The molecule has 0 aliphatic rings. The first-order chi connectivity index (χ1) is 8.49. The molecule has 0 aromatic carbocycles. The number of anilines is 1. The SMILES string of the molecule is CNc1cc(C(F)(F)F)cc(Sc2nncs2)n1. The smallest absolute Gasteiger partial charge is 0.373 e. The van der Waals surface area contributed by atoms with E-state index in [-0.39, 0.29) is 10.8 Å². The van der Waals surface area contributed by atoms with Crippen LogP contribution in [0.2, 0.25) is 0 Å². The molecule has 2 rings (SSSR count). The minimum Gasteiger partial charge on any atom is -0.373 e. The van der Waals surface area contributed by atoms with Crippen LogP contribution in [-0.2, 0) is 6.18 Å². The van der Waals surface area contributed by atoms with Gasteiger partial charge in [0.1, 0.15) is 16.4 Å². The number of nitrogens with one attached hydrogen (secondary N) is 1. The summed E-state index contributed by atoms with van der Waals surface area (Å²) in [7, 11) is 1.52. The van der Waals surface area contributed by atoms with Gasteiger partial charge in [0.15, 0.2) is 4.34 Å². The van der Waals surface area contributed by atoms with Crippen LogP contribution in [0, 0.1) is 0 Å². The largest absolute Gasteiger partial charge is 0.416 e. The highest BCUT2D eigenvalue weighted by Gasteiger charge is 2.31. The molecule has 0 bridgehead atoms. The summed E-state index contributed by atoms with van der Waals surface area (Å²) in [5.74, 6) is 0.164.